The van der Waals surface area contributed by atoms with E-state index in [4.69, 9.17) is 14.5 Å². The molecule has 43 heavy (non-hydrogen) atoms. The lowest BCUT2D eigenvalue weighted by molar-refractivity contribution is -0.236. The second kappa shape index (κ2) is 11.0. The quantitative estimate of drug-likeness (QED) is 0.369. The van der Waals surface area contributed by atoms with E-state index in [-0.39, 0.29) is 24.7 Å². The summed E-state index contributed by atoms with van der Waals surface area (Å²) in [7, 11) is 0. The number of benzene rings is 1. The normalized spacial score (nSPS) is 24.1. The molecule has 1 amide bonds. The molecule has 228 valence electrons. The number of likely N-dealkylation sites (tertiary alicyclic amines) is 2. The van der Waals surface area contributed by atoms with E-state index in [9.17, 15) is 19.8 Å². The standard InChI is InChI=1S/C33H40N4O6/c1-3-22-23-16-21(43-32(40)36-14-10-20(11-15-36)35-12-6-5-7-13-35)8-9-27(23)34-29-24(22)18-37-28(29)17-26-25(30(37)38)19-42-31(39)33(26,41)4-2/h8-9,16-17,20,31,39,41H,3-7,10-15,18-19H2,1-2H3/t31?,33-/m0/s1. The van der Waals surface area contributed by atoms with Gasteiger partial charge < -0.3 is 34.1 Å². The molecule has 7 rings (SSSR count). The van der Waals surface area contributed by atoms with Gasteiger partial charge >= 0.3 is 6.09 Å². The maximum Gasteiger partial charge on any atom is 0.415 e. The lowest BCUT2D eigenvalue weighted by Crippen LogP contribution is -2.48. The Balaban J connectivity index is 1.16. The molecule has 0 bridgehead atoms. The van der Waals surface area contributed by atoms with E-state index in [2.05, 4.69) is 11.8 Å². The number of aliphatic hydroxyl groups excluding tert-OH is 1. The SMILES string of the molecule is CCc1c2c(nc3ccc(OC(=O)N4CCC(N5CCCCC5)CC4)cc13)-c1cc3c(c(=O)n1C2)COC(O)[C@]3(O)CC. The van der Waals surface area contributed by atoms with E-state index in [1.54, 1.807) is 23.6 Å². The van der Waals surface area contributed by atoms with Gasteiger partial charge in [0.2, 0.25) is 0 Å². The first-order valence-corrected chi connectivity index (χ1v) is 15.8. The van der Waals surface area contributed by atoms with Crippen LogP contribution in [-0.2, 0) is 29.9 Å². The topological polar surface area (TPSA) is 117 Å². The Hall–Kier alpha value is -3.31. The summed E-state index contributed by atoms with van der Waals surface area (Å²) in [5.74, 6) is 0.481. The third-order valence-electron chi connectivity index (χ3n) is 10.1. The van der Waals surface area contributed by atoms with E-state index in [1.165, 1.54) is 32.4 Å². The van der Waals surface area contributed by atoms with Crippen molar-refractivity contribution in [2.75, 3.05) is 26.2 Å². The average Bonchev–Trinajstić information content (AvgIpc) is 3.41. The first kappa shape index (κ1) is 28.5. The highest BCUT2D eigenvalue weighted by atomic mass is 16.6. The summed E-state index contributed by atoms with van der Waals surface area (Å²) in [6.45, 7) is 7.86. The number of ether oxygens (including phenoxy) is 2. The molecule has 2 atom stereocenters. The highest BCUT2D eigenvalue weighted by Crippen LogP contribution is 2.41. The molecule has 0 radical (unpaired) electrons. The summed E-state index contributed by atoms with van der Waals surface area (Å²) >= 11 is 0. The summed E-state index contributed by atoms with van der Waals surface area (Å²) in [5.41, 5.74) is 2.91. The number of aliphatic hydroxyl groups is 2. The van der Waals surface area contributed by atoms with Crippen molar-refractivity contribution < 1.29 is 24.5 Å². The van der Waals surface area contributed by atoms with Crippen LogP contribution in [0.5, 0.6) is 5.75 Å². The number of pyridine rings is 2. The summed E-state index contributed by atoms with van der Waals surface area (Å²) in [4.78, 5) is 36.1. The molecule has 0 aliphatic carbocycles. The minimum atomic E-state index is -1.67. The van der Waals surface area contributed by atoms with Gasteiger partial charge in [-0.3, -0.25) is 4.79 Å². The average molecular weight is 589 g/mol. The van der Waals surface area contributed by atoms with Crippen LogP contribution in [0.25, 0.3) is 22.3 Å². The number of hydrogen-bond acceptors (Lipinski definition) is 8. The fourth-order valence-electron chi connectivity index (χ4n) is 7.58. The van der Waals surface area contributed by atoms with Gasteiger partial charge in [0.25, 0.3) is 5.56 Å². The van der Waals surface area contributed by atoms with E-state index >= 15 is 0 Å². The van der Waals surface area contributed by atoms with Gasteiger partial charge in [-0.15, -0.1) is 0 Å². The maximum atomic E-state index is 13.6. The van der Waals surface area contributed by atoms with Crippen LogP contribution < -0.4 is 10.3 Å². The predicted octanol–water partition coefficient (Wildman–Crippen LogP) is 3.88. The second-order valence-corrected chi connectivity index (χ2v) is 12.4. The van der Waals surface area contributed by atoms with Crippen LogP contribution in [0, 0.1) is 0 Å². The number of nitrogens with zero attached hydrogens (tertiary/aromatic N) is 4. The molecule has 1 aromatic carbocycles. The van der Waals surface area contributed by atoms with E-state index in [0.29, 0.717) is 60.4 Å². The van der Waals surface area contributed by atoms with Crippen molar-refractivity contribution in [3.05, 3.63) is 56.9 Å². The van der Waals surface area contributed by atoms with Gasteiger partial charge in [-0.2, -0.15) is 0 Å². The monoisotopic (exact) mass is 588 g/mol. The van der Waals surface area contributed by atoms with Crippen LogP contribution in [-0.4, -0.2) is 74.2 Å². The van der Waals surface area contributed by atoms with Crippen LogP contribution in [0.4, 0.5) is 4.79 Å². The molecule has 1 unspecified atom stereocenters. The van der Waals surface area contributed by atoms with Crippen molar-refractivity contribution in [3.63, 3.8) is 0 Å². The molecule has 3 aromatic rings. The first-order valence-electron chi connectivity index (χ1n) is 15.8. The number of hydrogen-bond donors (Lipinski definition) is 2. The maximum absolute atomic E-state index is 13.6. The zero-order valence-electron chi connectivity index (χ0n) is 25.0. The smallest absolute Gasteiger partial charge is 0.410 e. The Morgan fingerprint density at radius 1 is 1.09 bits per heavy atom. The van der Waals surface area contributed by atoms with Gasteiger partial charge in [-0.1, -0.05) is 20.3 Å². The van der Waals surface area contributed by atoms with Crippen molar-refractivity contribution in [2.24, 2.45) is 0 Å². The van der Waals surface area contributed by atoms with Gasteiger partial charge in [0.1, 0.15) is 11.4 Å². The zero-order chi connectivity index (χ0) is 29.9. The summed E-state index contributed by atoms with van der Waals surface area (Å²) in [6, 6.07) is 7.87. The molecule has 6 heterocycles. The van der Waals surface area contributed by atoms with Gasteiger partial charge in [-0.25, -0.2) is 9.78 Å². The molecule has 2 saturated heterocycles. The molecule has 10 heteroatoms. The molecule has 2 fully saturated rings. The molecule has 4 aliphatic heterocycles. The largest absolute Gasteiger partial charge is 0.415 e. The number of amides is 1. The minimum Gasteiger partial charge on any atom is -0.410 e. The van der Waals surface area contributed by atoms with Gasteiger partial charge in [-0.05, 0) is 81.4 Å². The molecule has 0 spiro atoms. The number of piperidine rings is 2. The zero-order valence-corrected chi connectivity index (χ0v) is 25.0. The van der Waals surface area contributed by atoms with Crippen molar-refractivity contribution in [3.8, 4) is 17.1 Å². The van der Waals surface area contributed by atoms with Crippen molar-refractivity contribution in [1.29, 1.82) is 0 Å². The van der Waals surface area contributed by atoms with Gasteiger partial charge in [0.15, 0.2) is 6.29 Å². The fraction of sp³-hybridized carbons (Fsp3) is 0.545. The number of aryl methyl sites for hydroxylation is 1. The van der Waals surface area contributed by atoms with Crippen molar-refractivity contribution >= 4 is 17.0 Å². The summed E-state index contributed by atoms with van der Waals surface area (Å²) in [5, 5.41) is 22.6. The summed E-state index contributed by atoms with van der Waals surface area (Å²) in [6.07, 6.45) is 4.99. The molecule has 4 aliphatic rings. The van der Waals surface area contributed by atoms with E-state index in [0.717, 1.165) is 34.9 Å². The van der Waals surface area contributed by atoms with Crippen LogP contribution >= 0.6 is 0 Å². The number of carbonyl (C=O) groups is 1. The Morgan fingerprint density at radius 3 is 2.58 bits per heavy atom. The fourth-order valence-corrected chi connectivity index (χ4v) is 7.58. The molecular formula is C33H40N4O6. The predicted molar refractivity (Wildman–Crippen MR) is 161 cm³/mol. The third kappa shape index (κ3) is 4.66. The Bertz CT molecular complexity index is 1640. The molecule has 2 N–H and O–H groups in total. The van der Waals surface area contributed by atoms with E-state index in [1.807, 2.05) is 17.0 Å². The van der Waals surface area contributed by atoms with Gasteiger partial charge in [0.05, 0.1) is 30.1 Å². The van der Waals surface area contributed by atoms with Crippen molar-refractivity contribution in [2.45, 2.75) is 89.9 Å². The second-order valence-electron chi connectivity index (χ2n) is 12.4. The molecule has 10 nitrogen and oxygen atoms in total. The Kier molecular flexibility index (Phi) is 7.28. The Labute approximate surface area is 250 Å². The number of aromatic nitrogens is 2. The molecular weight excluding hydrogens is 548 g/mol. The van der Waals surface area contributed by atoms with E-state index < -0.39 is 11.9 Å². The number of fused-ring (bicyclic) bond motifs is 5. The summed E-state index contributed by atoms with van der Waals surface area (Å²) < 4.78 is 12.9. The number of carbonyl (C=O) groups excluding carboxylic acids is 1. The van der Waals surface area contributed by atoms with Crippen molar-refractivity contribution in [1.82, 2.24) is 19.4 Å². The van der Waals surface area contributed by atoms with Gasteiger partial charge in [0, 0.05) is 41.2 Å². The molecule has 2 aromatic heterocycles. The minimum absolute atomic E-state index is 0.0606. The van der Waals surface area contributed by atoms with Crippen LogP contribution in [0.3, 0.4) is 0 Å². The van der Waals surface area contributed by atoms with Crippen LogP contribution in [0.15, 0.2) is 29.1 Å². The first-order chi connectivity index (χ1) is 20.8. The molecule has 0 saturated carbocycles. The lowest BCUT2D eigenvalue weighted by Gasteiger charge is -2.39. The number of rotatable bonds is 4. The van der Waals surface area contributed by atoms with Crippen LogP contribution in [0.1, 0.15) is 74.6 Å². The Morgan fingerprint density at radius 2 is 1.86 bits per heavy atom. The third-order valence-corrected chi connectivity index (χ3v) is 10.1. The lowest BCUT2D eigenvalue weighted by atomic mass is 9.85. The highest BCUT2D eigenvalue weighted by Gasteiger charge is 2.44. The van der Waals surface area contributed by atoms with Crippen LogP contribution in [0.2, 0.25) is 0 Å². The highest BCUT2D eigenvalue weighted by molar-refractivity contribution is 5.89.